The van der Waals surface area contributed by atoms with Crippen LogP contribution in [0.5, 0.6) is 0 Å². The van der Waals surface area contributed by atoms with Crippen molar-refractivity contribution in [2.24, 2.45) is 0 Å². The first-order chi connectivity index (χ1) is 8.31. The summed E-state index contributed by atoms with van der Waals surface area (Å²) in [5.41, 5.74) is 2.57. The van der Waals surface area contributed by atoms with E-state index in [1.165, 1.54) is 7.11 Å². The number of hydrogen-bond acceptors (Lipinski definition) is 4. The molecule has 0 saturated carbocycles. The summed E-state index contributed by atoms with van der Waals surface area (Å²) in [7, 11) is 1.38. The Morgan fingerprint density at radius 2 is 2.12 bits per heavy atom. The number of hydrogen-bond donors (Lipinski definition) is 1. The van der Waals surface area contributed by atoms with Crippen LogP contribution in [-0.2, 0) is 20.8 Å². The number of carbonyl (C=O) groups is 1. The van der Waals surface area contributed by atoms with E-state index in [0.717, 1.165) is 11.3 Å². The topological polar surface area (TPSA) is 47.6 Å². The van der Waals surface area contributed by atoms with Crippen molar-refractivity contribution < 1.29 is 14.3 Å². The Morgan fingerprint density at radius 3 is 2.82 bits per heavy atom. The first-order valence-corrected chi connectivity index (χ1v) is 5.47. The smallest absolute Gasteiger partial charge is 0.337 e. The van der Waals surface area contributed by atoms with Gasteiger partial charge in [0.25, 0.3) is 0 Å². The molecule has 4 nitrogen and oxygen atoms in total. The van der Waals surface area contributed by atoms with Gasteiger partial charge >= 0.3 is 5.97 Å². The molecule has 1 aromatic rings. The van der Waals surface area contributed by atoms with Gasteiger partial charge in [-0.05, 0) is 5.56 Å². The highest BCUT2D eigenvalue weighted by molar-refractivity contribution is 5.90. The molecule has 0 spiro atoms. The third kappa shape index (κ3) is 2.85. The molecule has 0 amide bonds. The maximum atomic E-state index is 11.4. The molecule has 0 fully saturated rings. The molecule has 0 unspecified atom stereocenters. The van der Waals surface area contributed by atoms with Crippen molar-refractivity contribution in [3.05, 3.63) is 47.2 Å². The molecule has 0 bridgehead atoms. The zero-order valence-electron chi connectivity index (χ0n) is 9.73. The Labute approximate surface area is 100 Å². The molecule has 2 rings (SSSR count). The van der Waals surface area contributed by atoms with Crippen LogP contribution in [0.15, 0.2) is 41.6 Å². The van der Waals surface area contributed by atoms with E-state index in [2.05, 4.69) is 5.32 Å². The Balaban J connectivity index is 2.01. The van der Waals surface area contributed by atoms with Crippen LogP contribution in [-0.4, -0.2) is 26.3 Å². The van der Waals surface area contributed by atoms with Crippen molar-refractivity contribution in [1.82, 2.24) is 5.32 Å². The summed E-state index contributed by atoms with van der Waals surface area (Å²) < 4.78 is 9.94. The first-order valence-electron chi connectivity index (χ1n) is 5.47. The van der Waals surface area contributed by atoms with Gasteiger partial charge in [-0.15, -0.1) is 0 Å². The van der Waals surface area contributed by atoms with Crippen molar-refractivity contribution in [2.75, 3.05) is 20.3 Å². The summed E-state index contributed by atoms with van der Waals surface area (Å²) >= 11 is 0. The van der Waals surface area contributed by atoms with Gasteiger partial charge in [0.2, 0.25) is 0 Å². The molecule has 4 heteroatoms. The second kappa shape index (κ2) is 5.50. The molecule has 1 N–H and O–H groups in total. The van der Waals surface area contributed by atoms with Crippen LogP contribution in [0.3, 0.4) is 0 Å². The quantitative estimate of drug-likeness (QED) is 0.795. The Bertz CT molecular complexity index is 426. The lowest BCUT2D eigenvalue weighted by molar-refractivity contribution is -0.136. The normalized spacial score (nSPS) is 14.9. The van der Waals surface area contributed by atoms with Crippen LogP contribution in [0.4, 0.5) is 0 Å². The molecule has 90 valence electrons. The lowest BCUT2D eigenvalue weighted by Gasteiger charge is -2.08. The Morgan fingerprint density at radius 1 is 1.35 bits per heavy atom. The van der Waals surface area contributed by atoms with E-state index in [9.17, 15) is 4.79 Å². The molecule has 0 saturated heterocycles. The lowest BCUT2D eigenvalue weighted by Crippen LogP contribution is -2.18. The minimum Gasteiger partial charge on any atom is -0.466 e. The molecule has 17 heavy (non-hydrogen) atoms. The van der Waals surface area contributed by atoms with Crippen molar-refractivity contribution in [3.63, 3.8) is 0 Å². The summed E-state index contributed by atoms with van der Waals surface area (Å²) in [5.74, 6) is -0.321. The van der Waals surface area contributed by atoms with E-state index in [4.69, 9.17) is 9.47 Å². The van der Waals surface area contributed by atoms with E-state index in [1.54, 1.807) is 0 Å². The van der Waals surface area contributed by atoms with Crippen LogP contribution >= 0.6 is 0 Å². The van der Waals surface area contributed by atoms with Crippen LogP contribution in [0.1, 0.15) is 5.56 Å². The SMILES string of the molecule is COC(=O)C1=C(NCc2ccccc2)COC1. The highest BCUT2D eigenvalue weighted by Gasteiger charge is 2.21. The van der Waals surface area contributed by atoms with E-state index < -0.39 is 0 Å². The zero-order chi connectivity index (χ0) is 12.1. The summed E-state index contributed by atoms with van der Waals surface area (Å²) in [6.07, 6.45) is 0. The van der Waals surface area contributed by atoms with Crippen molar-refractivity contribution in [2.45, 2.75) is 6.54 Å². The second-order valence-electron chi connectivity index (χ2n) is 3.78. The average molecular weight is 233 g/mol. The van der Waals surface area contributed by atoms with Gasteiger partial charge in [-0.1, -0.05) is 30.3 Å². The number of benzene rings is 1. The van der Waals surface area contributed by atoms with Crippen LogP contribution in [0.25, 0.3) is 0 Å². The Kier molecular flexibility index (Phi) is 3.77. The molecule has 0 aliphatic carbocycles. The third-order valence-electron chi connectivity index (χ3n) is 2.64. The van der Waals surface area contributed by atoms with E-state index in [-0.39, 0.29) is 5.97 Å². The molecule has 0 aromatic heterocycles. The van der Waals surface area contributed by atoms with Gasteiger partial charge in [-0.25, -0.2) is 4.79 Å². The van der Waals surface area contributed by atoms with Crippen molar-refractivity contribution in [3.8, 4) is 0 Å². The summed E-state index contributed by atoms with van der Waals surface area (Å²) in [6.45, 7) is 1.45. The second-order valence-corrected chi connectivity index (χ2v) is 3.78. The standard InChI is InChI=1S/C13H15NO3/c1-16-13(15)11-8-17-9-12(11)14-7-10-5-3-2-4-6-10/h2-6,14H,7-9H2,1H3. The first kappa shape index (κ1) is 11.7. The molecule has 1 heterocycles. The third-order valence-corrected chi connectivity index (χ3v) is 2.64. The number of ether oxygens (including phenoxy) is 2. The van der Waals surface area contributed by atoms with Crippen molar-refractivity contribution >= 4 is 5.97 Å². The molecular weight excluding hydrogens is 218 g/mol. The van der Waals surface area contributed by atoms with Gasteiger partial charge in [0.05, 0.1) is 31.6 Å². The summed E-state index contributed by atoms with van der Waals surface area (Å²) in [6, 6.07) is 10.00. The largest absolute Gasteiger partial charge is 0.466 e. The van der Waals surface area contributed by atoms with Gasteiger partial charge in [0.15, 0.2) is 0 Å². The van der Waals surface area contributed by atoms with Crippen molar-refractivity contribution in [1.29, 1.82) is 0 Å². The molecule has 1 aromatic carbocycles. The number of esters is 1. The fourth-order valence-electron chi connectivity index (χ4n) is 1.70. The van der Waals surface area contributed by atoms with Crippen LogP contribution in [0, 0.1) is 0 Å². The van der Waals surface area contributed by atoms with Gasteiger partial charge in [-0.2, -0.15) is 0 Å². The van der Waals surface area contributed by atoms with E-state index >= 15 is 0 Å². The summed E-state index contributed by atoms with van der Waals surface area (Å²) in [4.78, 5) is 11.4. The molecular formula is C13H15NO3. The fraction of sp³-hybridized carbons (Fsp3) is 0.308. The lowest BCUT2D eigenvalue weighted by atomic mass is 10.2. The minimum atomic E-state index is -0.321. The molecule has 1 aliphatic heterocycles. The van der Waals surface area contributed by atoms with E-state index in [1.807, 2.05) is 30.3 Å². The Hall–Kier alpha value is -1.81. The van der Waals surface area contributed by atoms with Gasteiger partial charge in [0.1, 0.15) is 0 Å². The van der Waals surface area contributed by atoms with Gasteiger partial charge in [-0.3, -0.25) is 0 Å². The monoisotopic (exact) mass is 233 g/mol. The molecule has 0 atom stereocenters. The zero-order valence-corrected chi connectivity index (χ0v) is 9.73. The van der Waals surface area contributed by atoms with Gasteiger partial charge < -0.3 is 14.8 Å². The highest BCUT2D eigenvalue weighted by atomic mass is 16.5. The number of carbonyl (C=O) groups excluding carboxylic acids is 1. The molecule has 1 aliphatic rings. The predicted molar refractivity (Wildman–Crippen MR) is 63.1 cm³/mol. The number of rotatable bonds is 4. The van der Waals surface area contributed by atoms with E-state index in [0.29, 0.717) is 25.3 Å². The maximum Gasteiger partial charge on any atom is 0.337 e. The summed E-state index contributed by atoms with van der Waals surface area (Å²) in [5, 5.41) is 3.22. The highest BCUT2D eigenvalue weighted by Crippen LogP contribution is 2.13. The average Bonchev–Trinajstić information content (AvgIpc) is 2.85. The van der Waals surface area contributed by atoms with Gasteiger partial charge in [0, 0.05) is 6.54 Å². The number of nitrogens with one attached hydrogen (secondary N) is 1. The predicted octanol–water partition coefficient (Wildman–Crippen LogP) is 1.23. The van der Waals surface area contributed by atoms with Crippen LogP contribution in [0.2, 0.25) is 0 Å². The van der Waals surface area contributed by atoms with Crippen LogP contribution < -0.4 is 5.32 Å². The maximum absolute atomic E-state index is 11.4. The minimum absolute atomic E-state index is 0.321. The fourth-order valence-corrected chi connectivity index (χ4v) is 1.70. The molecule has 0 radical (unpaired) electrons. The number of methoxy groups -OCH3 is 1.